The van der Waals surface area contributed by atoms with Crippen LogP contribution in [0.3, 0.4) is 0 Å². The van der Waals surface area contributed by atoms with Crippen LogP contribution < -0.4 is 10.5 Å². The average Bonchev–Trinajstić information content (AvgIpc) is 2.48. The molecule has 2 aromatic rings. The number of carbonyl (C=O) groups excluding carboxylic acids is 1. The predicted octanol–water partition coefficient (Wildman–Crippen LogP) is 1.53. The summed E-state index contributed by atoms with van der Waals surface area (Å²) < 4.78 is 1.20. The van der Waals surface area contributed by atoms with Crippen molar-refractivity contribution in [2.45, 2.75) is 26.3 Å². The fourth-order valence-corrected chi connectivity index (χ4v) is 2.70. The van der Waals surface area contributed by atoms with Gasteiger partial charge in [0.15, 0.2) is 0 Å². The van der Waals surface area contributed by atoms with Crippen molar-refractivity contribution < 1.29 is 4.79 Å². The van der Waals surface area contributed by atoms with E-state index in [0.717, 1.165) is 18.5 Å². The van der Waals surface area contributed by atoms with Gasteiger partial charge in [-0.15, -0.1) is 0 Å². The van der Waals surface area contributed by atoms with Gasteiger partial charge in [0, 0.05) is 24.5 Å². The Kier molecular flexibility index (Phi) is 3.56. The highest BCUT2D eigenvalue weighted by Crippen LogP contribution is 2.28. The van der Waals surface area contributed by atoms with Crippen LogP contribution in [0.25, 0.3) is 0 Å². The Morgan fingerprint density at radius 2 is 2.19 bits per heavy atom. The van der Waals surface area contributed by atoms with Crippen molar-refractivity contribution in [3.63, 3.8) is 0 Å². The maximum Gasteiger partial charge on any atom is 0.267 e. The predicted molar refractivity (Wildman–Crippen MR) is 80.4 cm³/mol. The van der Waals surface area contributed by atoms with Crippen LogP contribution in [0.5, 0.6) is 0 Å². The van der Waals surface area contributed by atoms with Gasteiger partial charge in [0.05, 0.1) is 0 Å². The molecule has 21 heavy (non-hydrogen) atoms. The summed E-state index contributed by atoms with van der Waals surface area (Å²) in [5.41, 5.74) is 3.10. The van der Waals surface area contributed by atoms with Crippen LogP contribution in [-0.4, -0.2) is 22.2 Å². The normalized spacial score (nSPS) is 13.9. The molecule has 5 heteroatoms. The van der Waals surface area contributed by atoms with E-state index in [4.69, 9.17) is 0 Å². The third-order valence-electron chi connectivity index (χ3n) is 3.73. The second kappa shape index (κ2) is 5.52. The van der Waals surface area contributed by atoms with E-state index in [2.05, 4.69) is 18.1 Å². The first kappa shape index (κ1) is 13.5. The fraction of sp³-hybridized carbons (Fsp3) is 0.312. The van der Waals surface area contributed by atoms with E-state index in [1.54, 1.807) is 11.0 Å². The molecule has 0 N–H and O–H groups in total. The van der Waals surface area contributed by atoms with Crippen LogP contribution >= 0.6 is 0 Å². The Hall–Kier alpha value is -2.43. The van der Waals surface area contributed by atoms with Crippen LogP contribution in [0.15, 0.2) is 41.3 Å². The first-order valence-electron chi connectivity index (χ1n) is 7.07. The lowest BCUT2D eigenvalue weighted by Gasteiger charge is -2.29. The Bertz CT molecular complexity index is 736. The largest absolute Gasteiger partial charge is 0.311 e. The molecule has 0 fully saturated rings. The number of nitrogens with zero attached hydrogens (tertiary/aromatic N) is 3. The number of anilines is 1. The third-order valence-corrected chi connectivity index (χ3v) is 3.73. The van der Waals surface area contributed by atoms with Crippen molar-refractivity contribution in [3.8, 4) is 0 Å². The van der Waals surface area contributed by atoms with Gasteiger partial charge in [0.1, 0.15) is 6.54 Å². The molecule has 0 saturated carbocycles. The SMILES string of the molecule is Cc1ccc2c(c1)CCCN2C(=O)Cn1ncccc1=O. The lowest BCUT2D eigenvalue weighted by Crippen LogP contribution is -2.40. The van der Waals surface area contributed by atoms with Gasteiger partial charge in [-0.05, 0) is 37.5 Å². The molecular formula is C16H17N3O2. The molecule has 1 amide bonds. The van der Waals surface area contributed by atoms with E-state index in [9.17, 15) is 9.59 Å². The maximum atomic E-state index is 12.5. The Labute approximate surface area is 122 Å². The summed E-state index contributed by atoms with van der Waals surface area (Å²) >= 11 is 0. The minimum Gasteiger partial charge on any atom is -0.311 e. The molecule has 3 rings (SSSR count). The number of hydrogen-bond acceptors (Lipinski definition) is 3. The lowest BCUT2D eigenvalue weighted by atomic mass is 9.99. The lowest BCUT2D eigenvalue weighted by molar-refractivity contribution is -0.119. The second-order valence-electron chi connectivity index (χ2n) is 5.30. The fourth-order valence-electron chi connectivity index (χ4n) is 2.70. The molecule has 5 nitrogen and oxygen atoms in total. The number of amides is 1. The smallest absolute Gasteiger partial charge is 0.267 e. The van der Waals surface area contributed by atoms with Gasteiger partial charge in [-0.3, -0.25) is 9.59 Å². The highest BCUT2D eigenvalue weighted by molar-refractivity contribution is 5.94. The number of carbonyl (C=O) groups is 1. The van der Waals surface area contributed by atoms with Gasteiger partial charge >= 0.3 is 0 Å². The van der Waals surface area contributed by atoms with Gasteiger partial charge < -0.3 is 4.90 Å². The van der Waals surface area contributed by atoms with E-state index in [0.29, 0.717) is 6.54 Å². The van der Waals surface area contributed by atoms with E-state index in [-0.39, 0.29) is 18.0 Å². The van der Waals surface area contributed by atoms with Gasteiger partial charge in [-0.25, -0.2) is 4.68 Å². The number of benzene rings is 1. The van der Waals surface area contributed by atoms with Gasteiger partial charge in [0.2, 0.25) is 5.91 Å². The summed E-state index contributed by atoms with van der Waals surface area (Å²) in [4.78, 5) is 25.9. The summed E-state index contributed by atoms with van der Waals surface area (Å²) in [5, 5.41) is 3.94. The molecule has 108 valence electrons. The number of rotatable bonds is 2. The zero-order valence-electron chi connectivity index (χ0n) is 12.0. The number of fused-ring (bicyclic) bond motifs is 1. The average molecular weight is 283 g/mol. The minimum atomic E-state index is -0.257. The van der Waals surface area contributed by atoms with E-state index in [1.165, 1.54) is 28.1 Å². The number of aryl methyl sites for hydroxylation is 2. The summed E-state index contributed by atoms with van der Waals surface area (Å²) in [6.07, 6.45) is 3.45. The zero-order chi connectivity index (χ0) is 14.8. The molecule has 0 spiro atoms. The maximum absolute atomic E-state index is 12.5. The standard InChI is InChI=1S/C16H17N3O2/c1-12-6-7-14-13(10-12)4-3-9-18(14)16(21)11-19-15(20)5-2-8-17-19/h2,5-8,10H,3-4,9,11H2,1H3. The van der Waals surface area contributed by atoms with Crippen LogP contribution in [0.2, 0.25) is 0 Å². The molecule has 0 bridgehead atoms. The summed E-state index contributed by atoms with van der Waals surface area (Å²) in [5.74, 6) is -0.0967. The zero-order valence-corrected chi connectivity index (χ0v) is 12.0. The highest BCUT2D eigenvalue weighted by Gasteiger charge is 2.22. The van der Waals surface area contributed by atoms with Crippen LogP contribution in [0.4, 0.5) is 5.69 Å². The molecule has 0 aliphatic carbocycles. The van der Waals surface area contributed by atoms with Crippen molar-refractivity contribution in [2.24, 2.45) is 0 Å². The molecule has 0 atom stereocenters. The Morgan fingerprint density at radius 1 is 1.33 bits per heavy atom. The first-order valence-corrected chi connectivity index (χ1v) is 7.07. The topological polar surface area (TPSA) is 55.2 Å². The Balaban J connectivity index is 1.87. The van der Waals surface area contributed by atoms with Crippen molar-refractivity contribution in [3.05, 3.63) is 58.0 Å². The number of hydrogen-bond donors (Lipinski definition) is 0. The first-order chi connectivity index (χ1) is 10.1. The highest BCUT2D eigenvalue weighted by atomic mass is 16.2. The van der Waals surface area contributed by atoms with Gasteiger partial charge in [0.25, 0.3) is 5.56 Å². The van der Waals surface area contributed by atoms with E-state index < -0.39 is 0 Å². The van der Waals surface area contributed by atoms with Crippen molar-refractivity contribution in [1.29, 1.82) is 0 Å². The van der Waals surface area contributed by atoms with E-state index in [1.807, 2.05) is 12.1 Å². The molecule has 0 unspecified atom stereocenters. The molecular weight excluding hydrogens is 266 g/mol. The van der Waals surface area contributed by atoms with Crippen LogP contribution in [0.1, 0.15) is 17.5 Å². The molecule has 0 radical (unpaired) electrons. The monoisotopic (exact) mass is 283 g/mol. The molecule has 1 aliphatic heterocycles. The summed E-state index contributed by atoms with van der Waals surface area (Å²) in [6, 6.07) is 9.11. The molecule has 1 aromatic heterocycles. The minimum absolute atomic E-state index is 0.0208. The van der Waals surface area contributed by atoms with Crippen molar-refractivity contribution in [2.75, 3.05) is 11.4 Å². The third kappa shape index (κ3) is 2.72. The van der Waals surface area contributed by atoms with Gasteiger partial charge in [-0.2, -0.15) is 5.10 Å². The second-order valence-corrected chi connectivity index (χ2v) is 5.30. The van der Waals surface area contributed by atoms with Gasteiger partial charge in [-0.1, -0.05) is 17.7 Å². The molecule has 1 aromatic carbocycles. The molecule has 0 saturated heterocycles. The van der Waals surface area contributed by atoms with Crippen molar-refractivity contribution in [1.82, 2.24) is 9.78 Å². The van der Waals surface area contributed by atoms with E-state index >= 15 is 0 Å². The molecule has 1 aliphatic rings. The van der Waals surface area contributed by atoms with Crippen molar-refractivity contribution >= 4 is 11.6 Å². The van der Waals surface area contributed by atoms with Crippen LogP contribution in [0, 0.1) is 6.92 Å². The Morgan fingerprint density at radius 3 is 3.00 bits per heavy atom. The molecule has 2 heterocycles. The quantitative estimate of drug-likeness (QED) is 0.840. The van der Waals surface area contributed by atoms with Crippen LogP contribution in [-0.2, 0) is 17.8 Å². The summed E-state index contributed by atoms with van der Waals surface area (Å²) in [7, 11) is 0. The number of aromatic nitrogens is 2. The summed E-state index contributed by atoms with van der Waals surface area (Å²) in [6.45, 7) is 2.72.